The van der Waals surface area contributed by atoms with E-state index >= 15 is 0 Å². The lowest BCUT2D eigenvalue weighted by Crippen LogP contribution is -2.44. The second kappa shape index (κ2) is 6.47. The molecule has 1 N–H and O–H groups in total. The largest absolute Gasteiger partial charge is 0.313 e. The zero-order chi connectivity index (χ0) is 12.3. The minimum atomic E-state index is 0.792. The van der Waals surface area contributed by atoms with Crippen molar-refractivity contribution in [2.24, 2.45) is 17.8 Å². The first-order valence-electron chi connectivity index (χ1n) is 7.51. The highest BCUT2D eigenvalue weighted by atomic mass is 32.2. The van der Waals surface area contributed by atoms with E-state index in [0.717, 1.165) is 29.0 Å². The summed E-state index contributed by atoms with van der Waals surface area (Å²) in [6.45, 7) is 8.49. The van der Waals surface area contributed by atoms with Crippen molar-refractivity contribution in [2.75, 3.05) is 12.3 Å². The molecule has 2 heteroatoms. The molecule has 4 unspecified atom stereocenters. The second-order valence-corrected chi connectivity index (χ2v) is 7.88. The van der Waals surface area contributed by atoms with E-state index in [2.05, 4.69) is 37.8 Å². The SMILES string of the molecule is CC1CCC(C(C)C)C(NCC2CCCS2)C1. The fourth-order valence-electron chi connectivity index (χ4n) is 3.53. The molecule has 1 nitrogen and oxygen atoms in total. The Kier molecular flexibility index (Phi) is 5.23. The highest BCUT2D eigenvalue weighted by molar-refractivity contribution is 8.00. The molecular formula is C15H29NS. The first-order valence-corrected chi connectivity index (χ1v) is 8.56. The van der Waals surface area contributed by atoms with Crippen molar-refractivity contribution in [2.45, 2.75) is 64.2 Å². The molecule has 2 aliphatic rings. The minimum Gasteiger partial charge on any atom is -0.313 e. The molecule has 1 heterocycles. The third-order valence-corrected chi connectivity index (χ3v) is 6.05. The molecule has 1 aliphatic heterocycles. The van der Waals surface area contributed by atoms with Crippen molar-refractivity contribution in [3.05, 3.63) is 0 Å². The first kappa shape index (κ1) is 13.7. The zero-order valence-corrected chi connectivity index (χ0v) is 12.6. The average Bonchev–Trinajstić information content (AvgIpc) is 2.78. The van der Waals surface area contributed by atoms with Gasteiger partial charge in [0.1, 0.15) is 0 Å². The van der Waals surface area contributed by atoms with Crippen LogP contribution >= 0.6 is 11.8 Å². The number of hydrogen-bond acceptors (Lipinski definition) is 2. The lowest BCUT2D eigenvalue weighted by molar-refractivity contribution is 0.170. The molecule has 2 rings (SSSR count). The van der Waals surface area contributed by atoms with E-state index in [1.54, 1.807) is 0 Å². The minimum absolute atomic E-state index is 0.792. The molecule has 1 saturated carbocycles. The molecule has 1 aliphatic carbocycles. The summed E-state index contributed by atoms with van der Waals surface area (Å²) >= 11 is 2.18. The molecule has 2 fully saturated rings. The summed E-state index contributed by atoms with van der Waals surface area (Å²) in [7, 11) is 0. The third kappa shape index (κ3) is 3.89. The van der Waals surface area contributed by atoms with E-state index in [1.807, 2.05) is 0 Å². The van der Waals surface area contributed by atoms with Gasteiger partial charge in [-0.25, -0.2) is 0 Å². The van der Waals surface area contributed by atoms with Crippen LogP contribution in [0.4, 0.5) is 0 Å². The number of thioether (sulfide) groups is 1. The summed E-state index contributed by atoms with van der Waals surface area (Å²) in [5.41, 5.74) is 0. The standard InChI is InChI=1S/C15H29NS/c1-11(2)14-7-6-12(3)9-15(14)16-10-13-5-4-8-17-13/h11-16H,4-10H2,1-3H3. The maximum absolute atomic E-state index is 3.90. The van der Waals surface area contributed by atoms with E-state index in [-0.39, 0.29) is 0 Å². The normalized spacial score (nSPS) is 38.8. The molecule has 0 radical (unpaired) electrons. The Morgan fingerprint density at radius 3 is 2.71 bits per heavy atom. The Bertz CT molecular complexity index is 223. The molecule has 17 heavy (non-hydrogen) atoms. The Balaban J connectivity index is 1.81. The van der Waals surface area contributed by atoms with Crippen molar-refractivity contribution in [3.63, 3.8) is 0 Å². The lowest BCUT2D eigenvalue weighted by Gasteiger charge is -2.38. The monoisotopic (exact) mass is 255 g/mol. The second-order valence-electron chi connectivity index (χ2n) is 6.48. The van der Waals surface area contributed by atoms with Gasteiger partial charge in [0.15, 0.2) is 0 Å². The van der Waals surface area contributed by atoms with Gasteiger partial charge in [-0.05, 0) is 49.2 Å². The first-order chi connectivity index (χ1) is 8.16. The van der Waals surface area contributed by atoms with E-state index in [0.29, 0.717) is 0 Å². The van der Waals surface area contributed by atoms with Crippen LogP contribution in [-0.4, -0.2) is 23.6 Å². The summed E-state index contributed by atoms with van der Waals surface area (Å²) in [6, 6.07) is 0.792. The Hall–Kier alpha value is 0.310. The fraction of sp³-hybridized carbons (Fsp3) is 1.00. The van der Waals surface area contributed by atoms with Gasteiger partial charge < -0.3 is 5.32 Å². The molecule has 1 saturated heterocycles. The molecule has 0 spiro atoms. The van der Waals surface area contributed by atoms with Crippen LogP contribution in [0.2, 0.25) is 0 Å². The maximum atomic E-state index is 3.90. The third-order valence-electron chi connectivity index (χ3n) is 4.65. The van der Waals surface area contributed by atoms with Crippen LogP contribution in [0, 0.1) is 17.8 Å². The molecule has 0 amide bonds. The van der Waals surface area contributed by atoms with Gasteiger partial charge in [0.2, 0.25) is 0 Å². The van der Waals surface area contributed by atoms with E-state index in [9.17, 15) is 0 Å². The molecule has 0 aromatic rings. The van der Waals surface area contributed by atoms with Gasteiger partial charge in [-0.3, -0.25) is 0 Å². The Morgan fingerprint density at radius 1 is 1.24 bits per heavy atom. The highest BCUT2D eigenvalue weighted by Gasteiger charge is 2.30. The van der Waals surface area contributed by atoms with E-state index in [4.69, 9.17) is 0 Å². The van der Waals surface area contributed by atoms with Gasteiger partial charge in [-0.1, -0.05) is 27.2 Å². The quantitative estimate of drug-likeness (QED) is 0.817. The average molecular weight is 255 g/mol. The van der Waals surface area contributed by atoms with E-state index in [1.165, 1.54) is 44.4 Å². The Labute approximate surface area is 112 Å². The van der Waals surface area contributed by atoms with Crippen LogP contribution in [-0.2, 0) is 0 Å². The number of nitrogens with one attached hydrogen (secondary N) is 1. The van der Waals surface area contributed by atoms with Crippen molar-refractivity contribution >= 4 is 11.8 Å². The van der Waals surface area contributed by atoms with Gasteiger partial charge >= 0.3 is 0 Å². The molecule has 100 valence electrons. The summed E-state index contributed by atoms with van der Waals surface area (Å²) < 4.78 is 0. The number of rotatable bonds is 4. The molecule has 0 aromatic carbocycles. The van der Waals surface area contributed by atoms with Crippen LogP contribution in [0.3, 0.4) is 0 Å². The van der Waals surface area contributed by atoms with Gasteiger partial charge in [0.05, 0.1) is 0 Å². The smallest absolute Gasteiger partial charge is 0.0172 e. The molecule has 4 atom stereocenters. The van der Waals surface area contributed by atoms with Crippen LogP contribution in [0.25, 0.3) is 0 Å². The number of hydrogen-bond donors (Lipinski definition) is 1. The lowest BCUT2D eigenvalue weighted by atomic mass is 9.74. The summed E-state index contributed by atoms with van der Waals surface area (Å²) in [6.07, 6.45) is 7.16. The maximum Gasteiger partial charge on any atom is 0.0172 e. The molecular weight excluding hydrogens is 226 g/mol. The van der Waals surface area contributed by atoms with Gasteiger partial charge in [-0.15, -0.1) is 0 Å². The van der Waals surface area contributed by atoms with E-state index < -0.39 is 0 Å². The molecule has 0 aromatic heterocycles. The van der Waals surface area contributed by atoms with Crippen LogP contribution in [0.5, 0.6) is 0 Å². The summed E-state index contributed by atoms with van der Waals surface area (Å²) in [4.78, 5) is 0. The van der Waals surface area contributed by atoms with Gasteiger partial charge in [0.25, 0.3) is 0 Å². The molecule has 0 bridgehead atoms. The van der Waals surface area contributed by atoms with Crippen molar-refractivity contribution in [1.29, 1.82) is 0 Å². The van der Waals surface area contributed by atoms with Crippen molar-refractivity contribution in [1.82, 2.24) is 5.32 Å². The van der Waals surface area contributed by atoms with Crippen LogP contribution in [0.15, 0.2) is 0 Å². The van der Waals surface area contributed by atoms with Crippen molar-refractivity contribution < 1.29 is 0 Å². The fourth-order valence-corrected chi connectivity index (χ4v) is 4.74. The van der Waals surface area contributed by atoms with Crippen LogP contribution < -0.4 is 5.32 Å². The predicted octanol–water partition coefficient (Wildman–Crippen LogP) is 3.93. The zero-order valence-electron chi connectivity index (χ0n) is 11.7. The van der Waals surface area contributed by atoms with Crippen LogP contribution in [0.1, 0.15) is 52.9 Å². The predicted molar refractivity (Wildman–Crippen MR) is 78.6 cm³/mol. The van der Waals surface area contributed by atoms with Crippen molar-refractivity contribution in [3.8, 4) is 0 Å². The summed E-state index contributed by atoms with van der Waals surface area (Å²) in [5.74, 6) is 4.08. The Morgan fingerprint density at radius 2 is 2.06 bits per heavy atom. The highest BCUT2D eigenvalue weighted by Crippen LogP contribution is 2.34. The topological polar surface area (TPSA) is 12.0 Å². The summed E-state index contributed by atoms with van der Waals surface area (Å²) in [5, 5.41) is 4.81. The van der Waals surface area contributed by atoms with Gasteiger partial charge in [-0.2, -0.15) is 11.8 Å². The van der Waals surface area contributed by atoms with Gasteiger partial charge in [0, 0.05) is 17.8 Å².